The molecule has 0 saturated heterocycles. The molecule has 6 heteroatoms. The number of hydrogen-bond donors (Lipinski definition) is 1. The van der Waals surface area contributed by atoms with Crippen LogP contribution in [0.4, 0.5) is 0 Å². The summed E-state index contributed by atoms with van der Waals surface area (Å²) in [4.78, 5) is 19.8. The fourth-order valence-electron chi connectivity index (χ4n) is 1.95. The molecule has 1 N–H and O–H groups in total. The lowest BCUT2D eigenvalue weighted by Crippen LogP contribution is -2.22. The van der Waals surface area contributed by atoms with Crippen molar-refractivity contribution in [1.82, 2.24) is 14.5 Å². The number of pyridine rings is 1. The molecular weight excluding hydrogens is 278 g/mol. The molecule has 0 aliphatic carbocycles. The van der Waals surface area contributed by atoms with Gasteiger partial charge >= 0.3 is 0 Å². The molecule has 96 valence electrons. The smallest absolute Gasteiger partial charge is 0.272 e. The summed E-state index contributed by atoms with van der Waals surface area (Å²) in [7, 11) is 0. The Morgan fingerprint density at radius 1 is 1.47 bits per heavy atom. The van der Waals surface area contributed by atoms with Gasteiger partial charge in [-0.05, 0) is 42.2 Å². The van der Waals surface area contributed by atoms with Crippen LogP contribution in [0.1, 0.15) is 11.3 Å². The van der Waals surface area contributed by atoms with Gasteiger partial charge in [0.15, 0.2) is 4.77 Å². The molecule has 0 bridgehead atoms. The average Bonchev–Trinajstić information content (AvgIpc) is 2.84. The molecule has 0 fully saturated rings. The summed E-state index contributed by atoms with van der Waals surface area (Å²) in [5.74, 6) is 0. The molecule has 0 atom stereocenters. The predicted molar refractivity (Wildman–Crippen MR) is 79.3 cm³/mol. The second-order valence-corrected chi connectivity index (χ2v) is 5.55. The number of hydrogen-bond acceptors (Lipinski definition) is 4. The van der Waals surface area contributed by atoms with Crippen LogP contribution in [-0.4, -0.2) is 14.5 Å². The summed E-state index contributed by atoms with van der Waals surface area (Å²) in [6, 6.07) is 5.72. The summed E-state index contributed by atoms with van der Waals surface area (Å²) in [6.45, 7) is 2.37. The highest BCUT2D eigenvalue weighted by atomic mass is 32.1. The zero-order chi connectivity index (χ0) is 13.4. The van der Waals surface area contributed by atoms with E-state index in [-0.39, 0.29) is 5.56 Å². The fraction of sp³-hybridized carbons (Fsp3) is 0.154. The van der Waals surface area contributed by atoms with Crippen LogP contribution in [0.15, 0.2) is 34.6 Å². The highest BCUT2D eigenvalue weighted by Crippen LogP contribution is 2.14. The second-order valence-electron chi connectivity index (χ2n) is 4.25. The minimum atomic E-state index is -0.0567. The standard InChI is InChI=1S/C13H11N3OS2/c1-8-3-2-5-14-10(8)7-16-12(17)11-9(4-6-19-11)15-13(16)18/h2-6H,7H2,1H3,(H,15,18). The van der Waals surface area contributed by atoms with Crippen molar-refractivity contribution in [3.63, 3.8) is 0 Å². The van der Waals surface area contributed by atoms with Crippen LogP contribution in [0, 0.1) is 11.7 Å². The number of thiophene rings is 1. The maximum atomic E-state index is 12.4. The normalized spacial score (nSPS) is 11.0. The van der Waals surface area contributed by atoms with E-state index in [0.29, 0.717) is 16.0 Å². The Hall–Kier alpha value is -1.79. The molecule has 19 heavy (non-hydrogen) atoms. The van der Waals surface area contributed by atoms with Crippen LogP contribution in [0.2, 0.25) is 0 Å². The lowest BCUT2D eigenvalue weighted by molar-refractivity contribution is 0.714. The van der Waals surface area contributed by atoms with Gasteiger partial charge < -0.3 is 4.98 Å². The number of nitrogens with zero attached hydrogens (tertiary/aromatic N) is 2. The molecule has 0 aliphatic rings. The molecule has 0 amide bonds. The second kappa shape index (κ2) is 4.71. The zero-order valence-electron chi connectivity index (χ0n) is 10.2. The largest absolute Gasteiger partial charge is 0.331 e. The molecule has 3 rings (SSSR count). The van der Waals surface area contributed by atoms with Gasteiger partial charge in [-0.2, -0.15) is 0 Å². The predicted octanol–water partition coefficient (Wildman–Crippen LogP) is 2.87. The van der Waals surface area contributed by atoms with Gasteiger partial charge in [0.1, 0.15) is 4.70 Å². The summed E-state index contributed by atoms with van der Waals surface area (Å²) < 4.78 is 2.69. The molecule has 0 aromatic carbocycles. The van der Waals surface area contributed by atoms with Crippen molar-refractivity contribution < 1.29 is 0 Å². The van der Waals surface area contributed by atoms with Crippen molar-refractivity contribution in [1.29, 1.82) is 0 Å². The van der Waals surface area contributed by atoms with Gasteiger partial charge in [-0.3, -0.25) is 14.3 Å². The number of fused-ring (bicyclic) bond motifs is 1. The first-order valence-corrected chi connectivity index (χ1v) is 7.06. The van der Waals surface area contributed by atoms with Gasteiger partial charge in [-0.1, -0.05) is 6.07 Å². The summed E-state index contributed by atoms with van der Waals surface area (Å²) in [5, 5.41) is 1.88. The van der Waals surface area contributed by atoms with Crippen LogP contribution in [-0.2, 0) is 6.54 Å². The first-order valence-electron chi connectivity index (χ1n) is 5.77. The first-order chi connectivity index (χ1) is 9.16. The Labute approximate surface area is 118 Å². The minimum Gasteiger partial charge on any atom is -0.331 e. The number of aromatic amines is 1. The van der Waals surface area contributed by atoms with Gasteiger partial charge in [-0.15, -0.1) is 11.3 Å². The van der Waals surface area contributed by atoms with E-state index >= 15 is 0 Å². The Morgan fingerprint density at radius 3 is 3.11 bits per heavy atom. The minimum absolute atomic E-state index is 0.0567. The maximum Gasteiger partial charge on any atom is 0.272 e. The Morgan fingerprint density at radius 2 is 2.32 bits per heavy atom. The Balaban J connectivity index is 2.18. The van der Waals surface area contributed by atoms with Crippen molar-refractivity contribution in [3.8, 4) is 0 Å². The Bertz CT molecular complexity index is 860. The lowest BCUT2D eigenvalue weighted by Gasteiger charge is -2.07. The summed E-state index contributed by atoms with van der Waals surface area (Å²) >= 11 is 6.68. The van der Waals surface area contributed by atoms with Crippen LogP contribution < -0.4 is 5.56 Å². The number of aryl methyl sites for hydroxylation is 1. The van der Waals surface area contributed by atoms with Crippen molar-refractivity contribution in [2.75, 3.05) is 0 Å². The van der Waals surface area contributed by atoms with Gasteiger partial charge in [0.2, 0.25) is 0 Å². The third-order valence-electron chi connectivity index (χ3n) is 3.02. The van der Waals surface area contributed by atoms with Crippen LogP contribution >= 0.6 is 23.6 Å². The van der Waals surface area contributed by atoms with E-state index < -0.39 is 0 Å². The van der Waals surface area contributed by atoms with E-state index in [2.05, 4.69) is 9.97 Å². The van der Waals surface area contributed by atoms with Crippen molar-refractivity contribution >= 4 is 33.8 Å². The Kier molecular flexibility index (Phi) is 3.04. The fourth-order valence-corrected chi connectivity index (χ4v) is 3.00. The van der Waals surface area contributed by atoms with Gasteiger partial charge in [0, 0.05) is 6.20 Å². The van der Waals surface area contributed by atoms with Crippen LogP contribution in [0.5, 0.6) is 0 Å². The van der Waals surface area contributed by atoms with E-state index in [9.17, 15) is 4.79 Å². The SMILES string of the molecule is Cc1cccnc1Cn1c(=S)[nH]c2ccsc2c1=O. The highest BCUT2D eigenvalue weighted by molar-refractivity contribution is 7.71. The van der Waals surface area contributed by atoms with Crippen LogP contribution in [0.25, 0.3) is 10.2 Å². The van der Waals surface area contributed by atoms with Crippen molar-refractivity contribution in [3.05, 3.63) is 56.2 Å². The first kappa shape index (κ1) is 12.3. The zero-order valence-corrected chi connectivity index (χ0v) is 11.8. The molecule has 3 heterocycles. The molecule has 0 spiro atoms. The molecular formula is C13H11N3OS2. The molecule has 0 radical (unpaired) electrons. The molecule has 0 aliphatic heterocycles. The van der Waals surface area contributed by atoms with E-state index in [0.717, 1.165) is 16.8 Å². The van der Waals surface area contributed by atoms with E-state index in [1.807, 2.05) is 30.5 Å². The number of H-pyrrole nitrogens is 1. The van der Waals surface area contributed by atoms with Gasteiger partial charge in [0.05, 0.1) is 17.8 Å². The molecule has 3 aromatic rings. The van der Waals surface area contributed by atoms with Gasteiger partial charge in [-0.25, -0.2) is 0 Å². The van der Waals surface area contributed by atoms with Crippen LogP contribution in [0.3, 0.4) is 0 Å². The maximum absolute atomic E-state index is 12.4. The quantitative estimate of drug-likeness (QED) is 0.738. The molecule has 0 saturated carbocycles. The summed E-state index contributed by atoms with van der Waals surface area (Å²) in [5.41, 5.74) is 2.66. The number of rotatable bonds is 2. The third-order valence-corrected chi connectivity index (χ3v) is 4.24. The van der Waals surface area contributed by atoms with E-state index in [4.69, 9.17) is 12.2 Å². The monoisotopic (exact) mass is 289 g/mol. The van der Waals surface area contributed by atoms with Crippen molar-refractivity contribution in [2.45, 2.75) is 13.5 Å². The molecule has 4 nitrogen and oxygen atoms in total. The molecule has 3 aromatic heterocycles. The lowest BCUT2D eigenvalue weighted by atomic mass is 10.2. The summed E-state index contributed by atoms with van der Waals surface area (Å²) in [6.07, 6.45) is 1.73. The van der Waals surface area contributed by atoms with E-state index in [1.165, 1.54) is 11.3 Å². The molecule has 0 unspecified atom stereocenters. The van der Waals surface area contributed by atoms with E-state index in [1.54, 1.807) is 10.8 Å². The third kappa shape index (κ3) is 2.13. The highest BCUT2D eigenvalue weighted by Gasteiger charge is 2.08. The topological polar surface area (TPSA) is 50.7 Å². The average molecular weight is 289 g/mol. The van der Waals surface area contributed by atoms with Gasteiger partial charge in [0.25, 0.3) is 5.56 Å². The number of aromatic nitrogens is 3. The van der Waals surface area contributed by atoms with Crippen molar-refractivity contribution in [2.24, 2.45) is 0 Å². The number of nitrogens with one attached hydrogen (secondary N) is 1.